The molecule has 0 aliphatic rings. The van der Waals surface area contributed by atoms with Gasteiger partial charge in [0.05, 0.1) is 5.92 Å². The molecule has 0 saturated carbocycles. The molecular formula is C11H21NO4. The summed E-state index contributed by atoms with van der Waals surface area (Å²) in [4.78, 5) is 21.6. The summed E-state index contributed by atoms with van der Waals surface area (Å²) in [6, 6.07) is 0. The van der Waals surface area contributed by atoms with Gasteiger partial charge in [-0.3, -0.25) is 9.59 Å². The second-order valence-electron chi connectivity index (χ2n) is 3.80. The second kappa shape index (κ2) is 9.15. The van der Waals surface area contributed by atoms with E-state index in [9.17, 15) is 9.59 Å². The first kappa shape index (κ1) is 14.9. The lowest BCUT2D eigenvalue weighted by Gasteiger charge is -2.08. The molecule has 94 valence electrons. The van der Waals surface area contributed by atoms with Gasteiger partial charge in [0.2, 0.25) is 5.91 Å². The smallest absolute Gasteiger partial charge is 0.308 e. The molecule has 5 nitrogen and oxygen atoms in total. The molecule has 0 aliphatic carbocycles. The average molecular weight is 231 g/mol. The second-order valence-corrected chi connectivity index (χ2v) is 3.80. The summed E-state index contributed by atoms with van der Waals surface area (Å²) in [7, 11) is 0. The van der Waals surface area contributed by atoms with E-state index in [0.717, 1.165) is 19.3 Å². The lowest BCUT2D eigenvalue weighted by molar-refractivity contribution is -0.141. The van der Waals surface area contributed by atoms with Crippen LogP contribution in [0.25, 0.3) is 0 Å². The molecule has 16 heavy (non-hydrogen) atoms. The fourth-order valence-corrected chi connectivity index (χ4v) is 1.02. The molecule has 0 fully saturated rings. The minimum Gasteiger partial charge on any atom is -0.481 e. The van der Waals surface area contributed by atoms with Gasteiger partial charge in [0, 0.05) is 13.2 Å². The lowest BCUT2D eigenvalue weighted by atomic mass is 10.2. The van der Waals surface area contributed by atoms with Crippen molar-refractivity contribution in [1.29, 1.82) is 0 Å². The Balaban J connectivity index is 3.41. The number of aliphatic carboxylic acids is 1. The Hall–Kier alpha value is -1.10. The zero-order chi connectivity index (χ0) is 12.4. The van der Waals surface area contributed by atoms with Gasteiger partial charge in [-0.25, -0.2) is 0 Å². The summed E-state index contributed by atoms with van der Waals surface area (Å²) in [5.74, 6) is -1.74. The van der Waals surface area contributed by atoms with E-state index in [0.29, 0.717) is 6.61 Å². The van der Waals surface area contributed by atoms with Gasteiger partial charge in [-0.05, 0) is 6.42 Å². The summed E-state index contributed by atoms with van der Waals surface area (Å²) < 4.78 is 5.13. The molecule has 0 aromatic heterocycles. The maximum atomic E-state index is 11.2. The third-order valence-electron chi connectivity index (χ3n) is 2.15. The van der Waals surface area contributed by atoms with E-state index in [1.165, 1.54) is 0 Å². The quantitative estimate of drug-likeness (QED) is 0.581. The highest BCUT2D eigenvalue weighted by molar-refractivity contribution is 5.78. The molecule has 0 saturated heterocycles. The van der Waals surface area contributed by atoms with Crippen LogP contribution in [0.4, 0.5) is 0 Å². The van der Waals surface area contributed by atoms with Crippen molar-refractivity contribution in [3.8, 4) is 0 Å². The molecule has 1 amide bonds. The predicted molar refractivity (Wildman–Crippen MR) is 60.2 cm³/mol. The van der Waals surface area contributed by atoms with E-state index in [1.54, 1.807) is 6.92 Å². The molecule has 0 aromatic carbocycles. The molecule has 0 heterocycles. The Kier molecular flexibility index (Phi) is 8.52. The van der Waals surface area contributed by atoms with Crippen LogP contribution in [0.1, 0.15) is 33.1 Å². The first-order valence-corrected chi connectivity index (χ1v) is 5.65. The Morgan fingerprint density at radius 3 is 2.62 bits per heavy atom. The van der Waals surface area contributed by atoms with Gasteiger partial charge >= 0.3 is 5.97 Å². The number of carboxylic acids is 1. The van der Waals surface area contributed by atoms with Gasteiger partial charge in [0.1, 0.15) is 6.61 Å². The molecule has 0 bridgehead atoms. The van der Waals surface area contributed by atoms with Crippen LogP contribution >= 0.6 is 0 Å². The van der Waals surface area contributed by atoms with Gasteiger partial charge in [-0.2, -0.15) is 0 Å². The molecule has 1 atom stereocenters. The summed E-state index contributed by atoms with van der Waals surface area (Å²) in [5, 5.41) is 11.1. The van der Waals surface area contributed by atoms with Crippen molar-refractivity contribution in [2.24, 2.45) is 5.92 Å². The summed E-state index contributed by atoms with van der Waals surface area (Å²) in [6.45, 7) is 4.38. The Labute approximate surface area is 96.2 Å². The third kappa shape index (κ3) is 8.23. The highest BCUT2D eigenvalue weighted by atomic mass is 16.5. The Bertz CT molecular complexity index is 218. The highest BCUT2D eigenvalue weighted by Crippen LogP contribution is 1.94. The fraction of sp³-hybridized carbons (Fsp3) is 0.818. The summed E-state index contributed by atoms with van der Waals surface area (Å²) in [6.07, 6.45) is 3.17. The van der Waals surface area contributed by atoms with Crippen molar-refractivity contribution in [3.63, 3.8) is 0 Å². The zero-order valence-electron chi connectivity index (χ0n) is 9.99. The van der Waals surface area contributed by atoms with Crippen molar-refractivity contribution in [1.82, 2.24) is 5.32 Å². The van der Waals surface area contributed by atoms with Crippen LogP contribution in [0, 0.1) is 5.92 Å². The Morgan fingerprint density at radius 2 is 2.06 bits per heavy atom. The maximum Gasteiger partial charge on any atom is 0.308 e. The van der Waals surface area contributed by atoms with Gasteiger partial charge in [0.25, 0.3) is 0 Å². The molecule has 0 aliphatic heterocycles. The molecule has 0 rings (SSSR count). The molecule has 5 heteroatoms. The van der Waals surface area contributed by atoms with Crippen LogP contribution in [0.15, 0.2) is 0 Å². The SMILES string of the molecule is CCCCCOCC(=O)NCC(C)C(=O)O. The number of rotatable bonds is 9. The minimum absolute atomic E-state index is 0.00997. The number of hydrogen-bond donors (Lipinski definition) is 2. The number of unbranched alkanes of at least 4 members (excludes halogenated alkanes) is 2. The van der Waals surface area contributed by atoms with E-state index in [-0.39, 0.29) is 19.1 Å². The molecule has 0 aromatic rings. The molecular weight excluding hydrogens is 210 g/mol. The van der Waals surface area contributed by atoms with Crippen LogP contribution in [-0.2, 0) is 14.3 Å². The number of hydrogen-bond acceptors (Lipinski definition) is 3. The molecule has 2 N–H and O–H groups in total. The van der Waals surface area contributed by atoms with Gasteiger partial charge < -0.3 is 15.2 Å². The summed E-state index contributed by atoms with van der Waals surface area (Å²) in [5.41, 5.74) is 0. The van der Waals surface area contributed by atoms with E-state index in [1.807, 2.05) is 0 Å². The number of carbonyl (C=O) groups is 2. The first-order valence-electron chi connectivity index (χ1n) is 5.65. The van der Waals surface area contributed by atoms with Crippen LogP contribution in [0.5, 0.6) is 0 Å². The number of amides is 1. The van der Waals surface area contributed by atoms with Crippen molar-refractivity contribution in [3.05, 3.63) is 0 Å². The van der Waals surface area contributed by atoms with Crippen LogP contribution in [0.2, 0.25) is 0 Å². The van der Waals surface area contributed by atoms with E-state index < -0.39 is 11.9 Å². The van der Waals surface area contributed by atoms with Crippen LogP contribution < -0.4 is 5.32 Å². The monoisotopic (exact) mass is 231 g/mol. The number of ether oxygens (including phenoxy) is 1. The maximum absolute atomic E-state index is 11.2. The normalized spacial score (nSPS) is 12.1. The molecule has 0 radical (unpaired) electrons. The number of carbonyl (C=O) groups excluding carboxylic acids is 1. The highest BCUT2D eigenvalue weighted by Gasteiger charge is 2.11. The molecule has 1 unspecified atom stereocenters. The van der Waals surface area contributed by atoms with Crippen LogP contribution in [-0.4, -0.2) is 36.7 Å². The summed E-state index contributed by atoms with van der Waals surface area (Å²) >= 11 is 0. The van der Waals surface area contributed by atoms with Crippen molar-refractivity contribution in [2.75, 3.05) is 19.8 Å². The minimum atomic E-state index is -0.913. The van der Waals surface area contributed by atoms with Gasteiger partial charge in [0.15, 0.2) is 0 Å². The Morgan fingerprint density at radius 1 is 1.38 bits per heavy atom. The average Bonchev–Trinajstić information content (AvgIpc) is 2.25. The topological polar surface area (TPSA) is 75.6 Å². The van der Waals surface area contributed by atoms with Crippen molar-refractivity contribution < 1.29 is 19.4 Å². The molecule has 0 spiro atoms. The fourth-order valence-electron chi connectivity index (χ4n) is 1.02. The van der Waals surface area contributed by atoms with Crippen molar-refractivity contribution in [2.45, 2.75) is 33.1 Å². The largest absolute Gasteiger partial charge is 0.481 e. The predicted octanol–water partition coefficient (Wildman–Crippen LogP) is 1.03. The number of carboxylic acid groups (broad SMARTS) is 1. The van der Waals surface area contributed by atoms with Crippen LogP contribution in [0.3, 0.4) is 0 Å². The van der Waals surface area contributed by atoms with Crippen molar-refractivity contribution >= 4 is 11.9 Å². The first-order chi connectivity index (χ1) is 7.57. The van der Waals surface area contributed by atoms with E-state index in [4.69, 9.17) is 9.84 Å². The standard InChI is InChI=1S/C11H21NO4/c1-3-4-5-6-16-8-10(13)12-7-9(2)11(14)15/h9H,3-8H2,1-2H3,(H,12,13)(H,14,15). The number of nitrogens with one attached hydrogen (secondary N) is 1. The van der Waals surface area contributed by atoms with Gasteiger partial charge in [-0.15, -0.1) is 0 Å². The third-order valence-corrected chi connectivity index (χ3v) is 2.15. The van der Waals surface area contributed by atoms with Gasteiger partial charge in [-0.1, -0.05) is 26.7 Å². The van der Waals surface area contributed by atoms with E-state index >= 15 is 0 Å². The lowest BCUT2D eigenvalue weighted by Crippen LogP contribution is -2.34. The van der Waals surface area contributed by atoms with E-state index in [2.05, 4.69) is 12.2 Å². The zero-order valence-corrected chi connectivity index (χ0v) is 9.99.